The van der Waals surface area contributed by atoms with Crippen molar-refractivity contribution in [3.8, 4) is 33.6 Å². The smallest absolute Gasteiger partial charge is 0.0541 e. The number of para-hydroxylation sites is 4. The van der Waals surface area contributed by atoms with Crippen molar-refractivity contribution in [1.29, 1.82) is 0 Å². The monoisotopic (exact) mass is 761 g/mol. The minimum atomic E-state index is 0.470. The minimum absolute atomic E-state index is 0.470. The summed E-state index contributed by atoms with van der Waals surface area (Å²) in [4.78, 5) is 3.72. The largest absolute Gasteiger partial charge is 0.355 e. The van der Waals surface area contributed by atoms with Crippen molar-refractivity contribution >= 4 is 65.4 Å². The van der Waals surface area contributed by atoms with Crippen LogP contribution in [0.4, 0.5) is 0 Å². The average molecular weight is 762 g/mol. The summed E-state index contributed by atoms with van der Waals surface area (Å²) in [6.07, 6.45) is 2.20. The Hall–Kier alpha value is -6.84. The van der Waals surface area contributed by atoms with Crippen molar-refractivity contribution in [2.45, 2.75) is 52.4 Å². The first kappa shape index (κ1) is 35.3. The number of aromatic nitrogens is 3. The zero-order valence-corrected chi connectivity index (χ0v) is 34.1. The number of aromatic amines is 1. The summed E-state index contributed by atoms with van der Waals surface area (Å²) in [5.41, 5.74) is 17.5. The number of nitrogens with one attached hydrogen (secondary N) is 1. The number of rotatable bonds is 8. The number of hydrogen-bond acceptors (Lipinski definition) is 0. The summed E-state index contributed by atoms with van der Waals surface area (Å²) in [5, 5.41) is 7.59. The van der Waals surface area contributed by atoms with Gasteiger partial charge in [0, 0.05) is 54.7 Å². The van der Waals surface area contributed by atoms with E-state index >= 15 is 0 Å². The Kier molecular flexibility index (Phi) is 8.34. The molecule has 0 amide bonds. The third-order valence-electron chi connectivity index (χ3n) is 13.3. The molecule has 0 aliphatic heterocycles. The predicted molar refractivity (Wildman–Crippen MR) is 253 cm³/mol. The Morgan fingerprint density at radius 2 is 0.729 bits per heavy atom. The maximum atomic E-state index is 3.72. The van der Waals surface area contributed by atoms with Gasteiger partial charge in [-0.05, 0) is 131 Å². The van der Waals surface area contributed by atoms with Crippen molar-refractivity contribution in [3.05, 3.63) is 181 Å². The topological polar surface area (TPSA) is 25.6 Å². The lowest BCUT2D eigenvalue weighted by atomic mass is 9.96. The van der Waals surface area contributed by atoms with Crippen molar-refractivity contribution in [2.24, 2.45) is 0 Å². The molecule has 11 rings (SSSR count). The fraction of sp³-hybridized carbons (Fsp3) is 0.143. The van der Waals surface area contributed by atoms with Crippen LogP contribution < -0.4 is 0 Å². The first-order valence-electron chi connectivity index (χ1n) is 21.3. The Labute approximate surface area is 345 Å². The van der Waals surface area contributed by atoms with Crippen molar-refractivity contribution in [3.63, 3.8) is 0 Å². The van der Waals surface area contributed by atoms with E-state index in [-0.39, 0.29) is 0 Å². The normalized spacial score (nSPS) is 13.1. The van der Waals surface area contributed by atoms with Crippen LogP contribution in [0.5, 0.6) is 0 Å². The molecular weight excluding hydrogens is 715 g/mol. The van der Waals surface area contributed by atoms with E-state index in [0.717, 1.165) is 23.9 Å². The molecule has 286 valence electrons. The van der Waals surface area contributed by atoms with Gasteiger partial charge in [-0.15, -0.1) is 0 Å². The van der Waals surface area contributed by atoms with Crippen molar-refractivity contribution in [2.75, 3.05) is 0 Å². The summed E-state index contributed by atoms with van der Waals surface area (Å²) >= 11 is 0. The van der Waals surface area contributed by atoms with Crippen LogP contribution >= 0.6 is 0 Å². The van der Waals surface area contributed by atoms with E-state index in [1.165, 1.54) is 99.1 Å². The second-order valence-electron chi connectivity index (χ2n) is 16.6. The number of fused-ring (bicyclic) bond motifs is 9. The number of benzene rings is 8. The number of hydrogen-bond donors (Lipinski definition) is 1. The molecule has 0 spiro atoms. The quantitative estimate of drug-likeness (QED) is 0.160. The van der Waals surface area contributed by atoms with E-state index in [1.807, 2.05) is 0 Å². The Morgan fingerprint density at radius 1 is 0.373 bits per heavy atom. The summed E-state index contributed by atoms with van der Waals surface area (Å²) in [6.45, 7) is 9.22. The van der Waals surface area contributed by atoms with Gasteiger partial charge in [0.1, 0.15) is 0 Å². The van der Waals surface area contributed by atoms with E-state index in [2.05, 4.69) is 212 Å². The molecule has 59 heavy (non-hydrogen) atoms. The summed E-state index contributed by atoms with van der Waals surface area (Å²) in [6, 6.07) is 63.4. The van der Waals surface area contributed by atoms with E-state index in [1.54, 1.807) is 0 Å². The van der Waals surface area contributed by atoms with E-state index < -0.39 is 0 Å². The van der Waals surface area contributed by atoms with Gasteiger partial charge in [0.15, 0.2) is 0 Å². The first-order valence-corrected chi connectivity index (χ1v) is 21.3. The zero-order valence-electron chi connectivity index (χ0n) is 34.1. The molecule has 1 N–H and O–H groups in total. The molecule has 3 aromatic heterocycles. The highest BCUT2D eigenvalue weighted by Crippen LogP contribution is 2.41. The van der Waals surface area contributed by atoms with Crippen LogP contribution in [-0.2, 0) is 0 Å². The average Bonchev–Trinajstić information content (AvgIpc) is 3.95. The molecule has 8 aromatic carbocycles. The molecule has 3 heteroatoms. The van der Waals surface area contributed by atoms with E-state index in [4.69, 9.17) is 0 Å². The molecule has 0 bridgehead atoms. The van der Waals surface area contributed by atoms with Crippen LogP contribution in [0.25, 0.3) is 99.0 Å². The van der Waals surface area contributed by atoms with Gasteiger partial charge >= 0.3 is 0 Å². The standard InChI is InChI=1S/C56H47N3/c1-5-35(3)41-15-7-11-19-51(41)58-53-21-13-9-17-43(53)47-33-39(25-29-55(47)58)37-23-27-49-45(31-37)46-32-38(24-28-50(46)57-49)40-26-30-56-48(34-40)44-18-10-14-22-54(44)59(56)52-20-12-8-16-42(52)36(4)6-2/h7-36,57H,5-6H2,1-4H3. The zero-order chi connectivity index (χ0) is 39.8. The van der Waals surface area contributed by atoms with Gasteiger partial charge in [0.2, 0.25) is 0 Å². The lowest BCUT2D eigenvalue weighted by molar-refractivity contribution is 0.728. The molecule has 0 radical (unpaired) electrons. The molecule has 2 atom stereocenters. The molecule has 0 fully saturated rings. The third kappa shape index (κ3) is 5.56. The predicted octanol–water partition coefficient (Wildman–Crippen LogP) is 15.9. The van der Waals surface area contributed by atoms with Crippen LogP contribution in [-0.4, -0.2) is 14.1 Å². The van der Waals surface area contributed by atoms with E-state index in [9.17, 15) is 0 Å². The number of H-pyrrole nitrogens is 1. The van der Waals surface area contributed by atoms with Gasteiger partial charge in [-0.3, -0.25) is 0 Å². The Morgan fingerprint density at radius 3 is 1.17 bits per heavy atom. The third-order valence-corrected chi connectivity index (χ3v) is 13.3. The van der Waals surface area contributed by atoms with Crippen LogP contribution in [0.2, 0.25) is 0 Å². The minimum Gasteiger partial charge on any atom is -0.355 e. The molecule has 0 saturated heterocycles. The van der Waals surface area contributed by atoms with Gasteiger partial charge in [-0.25, -0.2) is 0 Å². The van der Waals surface area contributed by atoms with Crippen LogP contribution in [0, 0.1) is 0 Å². The van der Waals surface area contributed by atoms with E-state index in [0.29, 0.717) is 11.8 Å². The fourth-order valence-corrected chi connectivity index (χ4v) is 9.74. The van der Waals surface area contributed by atoms with Crippen LogP contribution in [0.1, 0.15) is 63.5 Å². The molecule has 0 aliphatic rings. The first-order chi connectivity index (χ1) is 29.0. The van der Waals surface area contributed by atoms with Gasteiger partial charge in [0.05, 0.1) is 22.1 Å². The lowest BCUT2D eigenvalue weighted by Gasteiger charge is -2.17. The molecule has 2 unspecified atom stereocenters. The second-order valence-corrected chi connectivity index (χ2v) is 16.6. The number of nitrogens with zero attached hydrogens (tertiary/aromatic N) is 2. The van der Waals surface area contributed by atoms with Gasteiger partial charge in [-0.2, -0.15) is 0 Å². The molecule has 0 aliphatic carbocycles. The Bertz CT molecular complexity index is 3180. The molecule has 11 aromatic rings. The highest BCUT2D eigenvalue weighted by molar-refractivity contribution is 6.14. The highest BCUT2D eigenvalue weighted by atomic mass is 15.0. The van der Waals surface area contributed by atoms with Crippen LogP contribution in [0.15, 0.2) is 170 Å². The summed E-state index contributed by atoms with van der Waals surface area (Å²) in [7, 11) is 0. The van der Waals surface area contributed by atoms with Crippen LogP contribution in [0.3, 0.4) is 0 Å². The second kappa shape index (κ2) is 13.9. The Balaban J connectivity index is 1.03. The molecule has 0 saturated carbocycles. The maximum absolute atomic E-state index is 3.72. The molecular formula is C56H47N3. The van der Waals surface area contributed by atoms with Crippen molar-refractivity contribution < 1.29 is 0 Å². The fourth-order valence-electron chi connectivity index (χ4n) is 9.74. The lowest BCUT2D eigenvalue weighted by Crippen LogP contribution is -2.02. The SMILES string of the molecule is CCC(C)c1ccccc1-n1c2ccccc2c2cc(-c3ccc4[nH]c5ccc(-c6ccc7c(c6)c6ccccc6n7-c6ccccc6C(C)CC)cc5c4c3)ccc21. The summed E-state index contributed by atoms with van der Waals surface area (Å²) < 4.78 is 4.95. The van der Waals surface area contributed by atoms with Crippen molar-refractivity contribution in [1.82, 2.24) is 14.1 Å². The highest BCUT2D eigenvalue weighted by Gasteiger charge is 2.20. The summed E-state index contributed by atoms with van der Waals surface area (Å²) in [5.74, 6) is 0.940. The molecule has 3 heterocycles. The van der Waals surface area contributed by atoms with Gasteiger partial charge in [0.25, 0.3) is 0 Å². The molecule has 3 nitrogen and oxygen atoms in total. The van der Waals surface area contributed by atoms with Gasteiger partial charge in [-0.1, -0.05) is 125 Å². The maximum Gasteiger partial charge on any atom is 0.0541 e. The van der Waals surface area contributed by atoms with Gasteiger partial charge < -0.3 is 14.1 Å².